The zero-order chi connectivity index (χ0) is 13.2. The van der Waals surface area contributed by atoms with Crippen molar-refractivity contribution in [2.45, 2.75) is 12.8 Å². The van der Waals surface area contributed by atoms with Crippen molar-refractivity contribution in [1.82, 2.24) is 15.6 Å². The minimum atomic E-state index is -0.130. The summed E-state index contributed by atoms with van der Waals surface area (Å²) in [4.78, 5) is 26.6. The lowest BCUT2D eigenvalue weighted by molar-refractivity contribution is -0.121. The quantitative estimate of drug-likeness (QED) is 0.698. The third kappa shape index (κ3) is 9.55. The monoisotopic (exact) mass is 322 g/mol. The van der Waals surface area contributed by atoms with Crippen LogP contribution in [0, 0.1) is 0 Å². The molecule has 1 heterocycles. The molecule has 0 radical (unpaired) electrons. The molecule has 8 heteroatoms. The summed E-state index contributed by atoms with van der Waals surface area (Å²) in [5.41, 5.74) is 0.705. The fourth-order valence-corrected chi connectivity index (χ4v) is 1.30. The second kappa shape index (κ2) is 12.7. The smallest absolute Gasteiger partial charge is 0.226 e. The van der Waals surface area contributed by atoms with Crippen molar-refractivity contribution in [2.75, 3.05) is 25.5 Å². The van der Waals surface area contributed by atoms with Crippen LogP contribution < -0.4 is 16.0 Å². The maximum atomic E-state index is 11.5. The predicted octanol–water partition coefficient (Wildman–Crippen LogP) is 0.979. The SMILES string of the molecule is CNCCC(=O)NCCC(=O)Nc1ccncc1.Cl.Cl. The molecule has 1 rings (SSSR count). The molecule has 0 aromatic carbocycles. The van der Waals surface area contributed by atoms with E-state index >= 15 is 0 Å². The normalized spacial score (nSPS) is 8.85. The second-order valence-electron chi connectivity index (χ2n) is 3.74. The summed E-state index contributed by atoms with van der Waals surface area (Å²) < 4.78 is 0. The van der Waals surface area contributed by atoms with Gasteiger partial charge in [0.2, 0.25) is 11.8 Å². The summed E-state index contributed by atoms with van der Waals surface area (Å²) in [6.07, 6.45) is 3.89. The number of nitrogens with zero attached hydrogens (tertiary/aromatic N) is 1. The molecule has 1 aromatic rings. The van der Waals surface area contributed by atoms with Crippen molar-refractivity contribution in [3.63, 3.8) is 0 Å². The first-order chi connectivity index (χ1) is 8.72. The Labute approximate surface area is 130 Å². The van der Waals surface area contributed by atoms with Crippen LogP contribution in [0.4, 0.5) is 5.69 Å². The highest BCUT2D eigenvalue weighted by molar-refractivity contribution is 5.91. The van der Waals surface area contributed by atoms with Crippen LogP contribution in [0.2, 0.25) is 0 Å². The first kappa shape index (κ1) is 20.9. The Hall–Kier alpha value is -1.37. The molecule has 0 saturated carbocycles. The topological polar surface area (TPSA) is 83.1 Å². The minimum Gasteiger partial charge on any atom is -0.356 e. The number of amides is 2. The lowest BCUT2D eigenvalue weighted by Gasteiger charge is -2.06. The lowest BCUT2D eigenvalue weighted by Crippen LogP contribution is -2.29. The number of aromatic nitrogens is 1. The molecule has 0 fully saturated rings. The molecule has 20 heavy (non-hydrogen) atoms. The predicted molar refractivity (Wildman–Crippen MR) is 83.5 cm³/mol. The fraction of sp³-hybridized carbons (Fsp3) is 0.417. The molecule has 0 aliphatic heterocycles. The molecule has 114 valence electrons. The van der Waals surface area contributed by atoms with Gasteiger partial charge in [0.15, 0.2) is 0 Å². The third-order valence-electron chi connectivity index (χ3n) is 2.24. The molecule has 0 unspecified atom stereocenters. The van der Waals surface area contributed by atoms with Gasteiger partial charge in [0.25, 0.3) is 0 Å². The first-order valence-electron chi connectivity index (χ1n) is 5.83. The summed E-state index contributed by atoms with van der Waals surface area (Å²) in [7, 11) is 1.79. The van der Waals surface area contributed by atoms with Crippen LogP contribution in [0.25, 0.3) is 0 Å². The molecule has 0 aliphatic carbocycles. The van der Waals surface area contributed by atoms with Gasteiger partial charge in [0.1, 0.15) is 0 Å². The average molecular weight is 323 g/mol. The highest BCUT2D eigenvalue weighted by atomic mass is 35.5. The van der Waals surface area contributed by atoms with E-state index in [1.807, 2.05) is 0 Å². The molecule has 0 spiro atoms. The minimum absolute atomic E-state index is 0. The molecule has 1 aromatic heterocycles. The molecular weight excluding hydrogens is 303 g/mol. The van der Waals surface area contributed by atoms with Crippen molar-refractivity contribution in [2.24, 2.45) is 0 Å². The standard InChI is InChI=1S/C12H18N4O2.2ClH/c1-13-6-4-11(17)15-9-5-12(18)16-10-2-7-14-8-3-10;;/h2-3,7-8,13H,4-6,9H2,1H3,(H,15,17)(H,14,16,18);2*1H. The van der Waals surface area contributed by atoms with E-state index in [0.717, 1.165) is 0 Å². The van der Waals surface area contributed by atoms with Gasteiger partial charge in [-0.1, -0.05) is 0 Å². The van der Waals surface area contributed by atoms with E-state index in [4.69, 9.17) is 0 Å². The highest BCUT2D eigenvalue weighted by Crippen LogP contribution is 2.03. The number of carbonyl (C=O) groups is 2. The molecule has 2 amide bonds. The summed E-state index contributed by atoms with van der Waals surface area (Å²) in [6, 6.07) is 3.42. The first-order valence-corrected chi connectivity index (χ1v) is 5.83. The maximum absolute atomic E-state index is 11.5. The third-order valence-corrected chi connectivity index (χ3v) is 2.24. The van der Waals surface area contributed by atoms with Gasteiger partial charge in [-0.05, 0) is 19.2 Å². The number of rotatable bonds is 7. The van der Waals surface area contributed by atoms with Gasteiger partial charge < -0.3 is 16.0 Å². The Bertz CT molecular complexity index is 390. The lowest BCUT2D eigenvalue weighted by atomic mass is 10.3. The van der Waals surface area contributed by atoms with Gasteiger partial charge in [-0.25, -0.2) is 0 Å². The van der Waals surface area contributed by atoms with Gasteiger partial charge >= 0.3 is 0 Å². The van der Waals surface area contributed by atoms with Gasteiger partial charge in [0, 0.05) is 44.0 Å². The largest absolute Gasteiger partial charge is 0.356 e. The summed E-state index contributed by atoms with van der Waals surface area (Å²) in [6.45, 7) is 0.981. The number of halogens is 2. The number of anilines is 1. The number of pyridine rings is 1. The summed E-state index contributed by atoms with van der Waals surface area (Å²) in [5.74, 6) is -0.184. The van der Waals surface area contributed by atoms with Crippen LogP contribution in [0.3, 0.4) is 0 Å². The van der Waals surface area contributed by atoms with Crippen LogP contribution in [0.15, 0.2) is 24.5 Å². The van der Waals surface area contributed by atoms with E-state index in [0.29, 0.717) is 25.2 Å². The number of hydrogen-bond acceptors (Lipinski definition) is 4. The highest BCUT2D eigenvalue weighted by Gasteiger charge is 2.04. The van der Waals surface area contributed by atoms with E-state index in [-0.39, 0.29) is 43.0 Å². The zero-order valence-electron chi connectivity index (χ0n) is 11.2. The van der Waals surface area contributed by atoms with Gasteiger partial charge in [-0.15, -0.1) is 24.8 Å². The molecular formula is C12H20Cl2N4O2. The van der Waals surface area contributed by atoms with E-state index in [2.05, 4.69) is 20.9 Å². The fourth-order valence-electron chi connectivity index (χ4n) is 1.30. The number of nitrogens with one attached hydrogen (secondary N) is 3. The molecule has 0 atom stereocenters. The van der Waals surface area contributed by atoms with Crippen molar-refractivity contribution in [1.29, 1.82) is 0 Å². The van der Waals surface area contributed by atoms with Crippen molar-refractivity contribution < 1.29 is 9.59 Å². The average Bonchev–Trinajstić information content (AvgIpc) is 2.37. The Morgan fingerprint density at radius 3 is 2.25 bits per heavy atom. The Morgan fingerprint density at radius 1 is 1.05 bits per heavy atom. The Balaban J connectivity index is 0. The van der Waals surface area contributed by atoms with Gasteiger partial charge in [0.05, 0.1) is 0 Å². The second-order valence-corrected chi connectivity index (χ2v) is 3.74. The van der Waals surface area contributed by atoms with Crippen LogP contribution in [-0.2, 0) is 9.59 Å². The van der Waals surface area contributed by atoms with Gasteiger partial charge in [-0.3, -0.25) is 14.6 Å². The Kier molecular flexibility index (Phi) is 13.2. The van der Waals surface area contributed by atoms with E-state index < -0.39 is 0 Å². The summed E-state index contributed by atoms with van der Waals surface area (Å²) in [5, 5.41) is 8.28. The van der Waals surface area contributed by atoms with Crippen LogP contribution in [0.5, 0.6) is 0 Å². The molecule has 0 saturated heterocycles. The number of hydrogen-bond donors (Lipinski definition) is 3. The van der Waals surface area contributed by atoms with Crippen LogP contribution in [0.1, 0.15) is 12.8 Å². The molecule has 0 bridgehead atoms. The van der Waals surface area contributed by atoms with Crippen LogP contribution >= 0.6 is 24.8 Å². The van der Waals surface area contributed by atoms with E-state index in [9.17, 15) is 9.59 Å². The van der Waals surface area contributed by atoms with Crippen molar-refractivity contribution >= 4 is 42.3 Å². The Morgan fingerprint density at radius 2 is 1.65 bits per heavy atom. The van der Waals surface area contributed by atoms with Crippen molar-refractivity contribution in [3.8, 4) is 0 Å². The zero-order valence-corrected chi connectivity index (χ0v) is 12.9. The van der Waals surface area contributed by atoms with Crippen molar-refractivity contribution in [3.05, 3.63) is 24.5 Å². The summed E-state index contributed by atoms with van der Waals surface area (Å²) >= 11 is 0. The molecule has 3 N–H and O–H groups in total. The van der Waals surface area contributed by atoms with Gasteiger partial charge in [-0.2, -0.15) is 0 Å². The molecule has 0 aliphatic rings. The van der Waals surface area contributed by atoms with E-state index in [1.54, 1.807) is 31.6 Å². The maximum Gasteiger partial charge on any atom is 0.226 e. The van der Waals surface area contributed by atoms with E-state index in [1.165, 1.54) is 0 Å². The molecule has 6 nitrogen and oxygen atoms in total. The number of carbonyl (C=O) groups excluding carboxylic acids is 2. The van der Waals surface area contributed by atoms with Crippen LogP contribution in [-0.4, -0.2) is 36.9 Å².